The summed E-state index contributed by atoms with van der Waals surface area (Å²) in [6, 6.07) is 16.4. The van der Waals surface area contributed by atoms with Gasteiger partial charge in [-0.05, 0) is 49.6 Å². The van der Waals surface area contributed by atoms with Crippen molar-refractivity contribution in [3.63, 3.8) is 0 Å². The van der Waals surface area contributed by atoms with E-state index in [2.05, 4.69) is 39.9 Å². The molecule has 1 amide bonds. The van der Waals surface area contributed by atoms with Crippen LogP contribution in [0.1, 0.15) is 18.1 Å². The summed E-state index contributed by atoms with van der Waals surface area (Å²) in [5.74, 6) is -0.808. The predicted molar refractivity (Wildman–Crippen MR) is 116 cm³/mol. The Kier molecular flexibility index (Phi) is 5.05. The van der Waals surface area contributed by atoms with E-state index in [9.17, 15) is 4.79 Å². The minimum Gasteiger partial charge on any atom is -0.349 e. The lowest BCUT2D eigenvalue weighted by Gasteiger charge is -2.42. The molecular weight excluding hydrogens is 370 g/mol. The number of benzene rings is 2. The molecule has 2 aromatic carbocycles. The molecule has 2 aromatic rings. The van der Waals surface area contributed by atoms with Crippen LogP contribution < -0.4 is 26.6 Å². The highest BCUT2D eigenvalue weighted by Gasteiger charge is 2.41. The molecule has 4 atom stereocenters. The van der Waals surface area contributed by atoms with Gasteiger partial charge in [0.2, 0.25) is 5.91 Å². The van der Waals surface area contributed by atoms with Crippen molar-refractivity contribution in [2.24, 2.45) is 11.7 Å². The average molecular weight is 396 g/mol. The molecule has 146 valence electrons. The molecule has 0 aromatic heterocycles. The van der Waals surface area contributed by atoms with Gasteiger partial charge in [-0.1, -0.05) is 42.5 Å². The van der Waals surface area contributed by atoms with Gasteiger partial charge in [0, 0.05) is 17.4 Å². The van der Waals surface area contributed by atoms with Crippen molar-refractivity contribution in [1.82, 2.24) is 10.6 Å². The van der Waals surface area contributed by atoms with Crippen LogP contribution in [-0.2, 0) is 11.2 Å². The van der Waals surface area contributed by atoms with Crippen LogP contribution in [0.4, 0.5) is 11.4 Å². The first kappa shape index (κ1) is 18.9. The van der Waals surface area contributed by atoms with E-state index in [1.165, 1.54) is 5.56 Å². The zero-order valence-electron chi connectivity index (χ0n) is 16.0. The van der Waals surface area contributed by atoms with Crippen LogP contribution in [-0.4, -0.2) is 29.4 Å². The molecule has 2 aliphatic heterocycles. The number of thiocarbonyl (C=S) groups is 1. The number of fused-ring (bicyclic) bond motifs is 1. The fraction of sp³-hybridized carbons (Fsp3) is 0.333. The van der Waals surface area contributed by atoms with Gasteiger partial charge in [0.25, 0.3) is 0 Å². The lowest BCUT2D eigenvalue weighted by molar-refractivity contribution is -0.126. The molecule has 0 bridgehead atoms. The van der Waals surface area contributed by atoms with Gasteiger partial charge in [-0.25, -0.2) is 0 Å². The van der Waals surface area contributed by atoms with E-state index in [4.69, 9.17) is 18.0 Å². The van der Waals surface area contributed by atoms with Crippen molar-refractivity contribution in [3.8, 4) is 0 Å². The summed E-state index contributed by atoms with van der Waals surface area (Å²) in [5.41, 5.74) is 10.7. The predicted octanol–water partition coefficient (Wildman–Crippen LogP) is 2.09. The maximum Gasteiger partial charge on any atom is 0.235 e. The average Bonchev–Trinajstić information content (AvgIpc) is 2.96. The van der Waals surface area contributed by atoms with Crippen LogP contribution in [0.5, 0.6) is 0 Å². The van der Waals surface area contributed by atoms with E-state index in [-0.39, 0.29) is 18.2 Å². The normalized spacial score (nSPS) is 26.5. The van der Waals surface area contributed by atoms with Crippen molar-refractivity contribution in [2.75, 3.05) is 10.2 Å². The third kappa shape index (κ3) is 3.48. The Morgan fingerprint density at radius 1 is 1.25 bits per heavy atom. The topological polar surface area (TPSA) is 82.4 Å². The minimum absolute atomic E-state index is 0.169. The molecule has 0 spiro atoms. The molecule has 0 saturated carbocycles. The number of hydrogen-bond acceptors (Lipinski definition) is 5. The maximum absolute atomic E-state index is 12.9. The first-order valence-electron chi connectivity index (χ1n) is 9.50. The second kappa shape index (κ2) is 7.50. The van der Waals surface area contributed by atoms with Crippen molar-refractivity contribution in [2.45, 2.75) is 38.8 Å². The van der Waals surface area contributed by atoms with Gasteiger partial charge in [0.15, 0.2) is 6.29 Å². The van der Waals surface area contributed by atoms with Crippen LogP contribution in [0, 0.1) is 12.8 Å². The summed E-state index contributed by atoms with van der Waals surface area (Å²) in [7, 11) is 0. The van der Waals surface area contributed by atoms with E-state index in [0.29, 0.717) is 4.99 Å². The number of aryl methyl sites for hydroxylation is 1. The van der Waals surface area contributed by atoms with E-state index in [0.717, 1.165) is 23.4 Å². The third-order valence-electron chi connectivity index (χ3n) is 5.38. The van der Waals surface area contributed by atoms with Crippen LogP contribution >= 0.6 is 12.2 Å². The van der Waals surface area contributed by atoms with Gasteiger partial charge in [-0.3, -0.25) is 10.1 Å². The first-order chi connectivity index (χ1) is 13.4. The minimum atomic E-state index is -0.639. The number of nitrogens with one attached hydrogen (secondary N) is 3. The number of carbonyl (C=O) groups excluding carboxylic acids is 1. The summed E-state index contributed by atoms with van der Waals surface area (Å²) in [5, 5.41) is 9.55. The number of amides is 1. The molecule has 0 radical (unpaired) electrons. The molecule has 6 nitrogen and oxygen atoms in total. The number of hydrogen-bond donors (Lipinski definition) is 4. The van der Waals surface area contributed by atoms with Crippen molar-refractivity contribution >= 4 is 34.5 Å². The fourth-order valence-electron chi connectivity index (χ4n) is 4.07. The largest absolute Gasteiger partial charge is 0.349 e. The van der Waals surface area contributed by atoms with Gasteiger partial charge >= 0.3 is 0 Å². The number of nitrogens with two attached hydrogens (primary N) is 1. The smallest absolute Gasteiger partial charge is 0.235 e. The van der Waals surface area contributed by atoms with Crippen molar-refractivity contribution < 1.29 is 4.79 Å². The summed E-state index contributed by atoms with van der Waals surface area (Å²) in [6.07, 6.45) is -0.00126. The first-order valence-corrected chi connectivity index (χ1v) is 9.90. The molecule has 28 heavy (non-hydrogen) atoms. The molecule has 4 unspecified atom stereocenters. The van der Waals surface area contributed by atoms with Crippen molar-refractivity contribution in [1.29, 1.82) is 0 Å². The summed E-state index contributed by atoms with van der Waals surface area (Å²) in [6.45, 7) is 4.16. The third-order valence-corrected chi connectivity index (χ3v) is 5.73. The summed E-state index contributed by atoms with van der Waals surface area (Å²) in [4.78, 5) is 15.5. The van der Waals surface area contributed by atoms with E-state index >= 15 is 0 Å². The molecule has 1 fully saturated rings. The summed E-state index contributed by atoms with van der Waals surface area (Å²) >= 11 is 5.51. The Hall–Kier alpha value is -2.48. The standard InChI is InChI=1S/C21H25N5OS/c1-12-6-5-8-15(10-12)23-20(28)17-18(22)24-21(25-19(17)27)26-13(2)11-14-7-3-4-9-16(14)26/h3-10,13,17-18,21,24H,11,22H2,1-2H3,(H,23,28)(H,25,27). The molecule has 2 heterocycles. The van der Waals surface area contributed by atoms with E-state index < -0.39 is 12.1 Å². The monoisotopic (exact) mass is 395 g/mol. The Morgan fingerprint density at radius 2 is 2.04 bits per heavy atom. The van der Waals surface area contributed by atoms with Crippen LogP contribution in [0.3, 0.4) is 0 Å². The Bertz CT molecular complexity index is 917. The highest BCUT2D eigenvalue weighted by molar-refractivity contribution is 7.80. The van der Waals surface area contributed by atoms with Crippen molar-refractivity contribution in [3.05, 3.63) is 59.7 Å². The molecule has 5 N–H and O–H groups in total. The quantitative estimate of drug-likeness (QED) is 0.596. The summed E-state index contributed by atoms with van der Waals surface area (Å²) < 4.78 is 0. The second-order valence-corrected chi connectivity index (χ2v) is 7.97. The van der Waals surface area contributed by atoms with Gasteiger partial charge in [-0.15, -0.1) is 0 Å². The van der Waals surface area contributed by atoms with Gasteiger partial charge < -0.3 is 21.3 Å². The number of para-hydroxylation sites is 1. The SMILES string of the molecule is Cc1cccc(NC(=S)C2C(=O)NC(N3c4ccccc4CC3C)NC2N)c1. The van der Waals surface area contributed by atoms with Crippen LogP contribution in [0.25, 0.3) is 0 Å². The van der Waals surface area contributed by atoms with Gasteiger partial charge in [-0.2, -0.15) is 0 Å². The highest BCUT2D eigenvalue weighted by Crippen LogP contribution is 2.33. The maximum atomic E-state index is 12.9. The molecule has 0 aliphatic carbocycles. The molecule has 7 heteroatoms. The van der Waals surface area contributed by atoms with Crippen LogP contribution in [0.15, 0.2) is 48.5 Å². The molecular formula is C21H25N5OS. The fourth-order valence-corrected chi connectivity index (χ4v) is 4.44. The number of nitrogens with zero attached hydrogens (tertiary/aromatic N) is 1. The zero-order chi connectivity index (χ0) is 19.8. The number of carbonyl (C=O) groups is 1. The van der Waals surface area contributed by atoms with E-state index in [1.54, 1.807) is 0 Å². The Labute approximate surface area is 170 Å². The lowest BCUT2D eigenvalue weighted by Crippen LogP contribution is -2.71. The number of anilines is 2. The Morgan fingerprint density at radius 3 is 2.79 bits per heavy atom. The highest BCUT2D eigenvalue weighted by atomic mass is 32.1. The molecule has 2 aliphatic rings. The van der Waals surface area contributed by atoms with E-state index in [1.807, 2.05) is 43.3 Å². The Balaban J connectivity index is 1.49. The van der Waals surface area contributed by atoms with Gasteiger partial charge in [0.05, 0.1) is 11.2 Å². The van der Waals surface area contributed by atoms with Crippen LogP contribution in [0.2, 0.25) is 0 Å². The van der Waals surface area contributed by atoms with Gasteiger partial charge in [0.1, 0.15) is 5.92 Å². The second-order valence-electron chi connectivity index (χ2n) is 7.53. The zero-order valence-corrected chi connectivity index (χ0v) is 16.8. The number of rotatable bonds is 3. The molecule has 1 saturated heterocycles. The lowest BCUT2D eigenvalue weighted by atomic mass is 10.0. The molecule has 4 rings (SSSR count).